The highest BCUT2D eigenvalue weighted by Gasteiger charge is 2.20. The maximum Gasteiger partial charge on any atom is 0.241 e. The highest BCUT2D eigenvalue weighted by Crippen LogP contribution is 2.28. The maximum atomic E-state index is 12.0. The van der Waals surface area contributed by atoms with Gasteiger partial charge in [0.1, 0.15) is 11.8 Å². The van der Waals surface area contributed by atoms with E-state index in [-0.39, 0.29) is 12.5 Å². The number of rotatable bonds is 9. The van der Waals surface area contributed by atoms with Gasteiger partial charge in [-0.05, 0) is 36.6 Å². The Balaban J connectivity index is 1.77. The first-order chi connectivity index (χ1) is 11.6. The largest absolute Gasteiger partial charge is 0.497 e. The average Bonchev–Trinajstić information content (AvgIpc) is 3.10. The Labute approximate surface area is 143 Å². The molecule has 0 heterocycles. The summed E-state index contributed by atoms with van der Waals surface area (Å²) in [5.41, 5.74) is 6.23. The zero-order valence-corrected chi connectivity index (χ0v) is 14.2. The van der Waals surface area contributed by atoms with Crippen LogP contribution in [0.3, 0.4) is 0 Å². The highest BCUT2D eigenvalue weighted by molar-refractivity contribution is 5.87. The third-order valence-corrected chi connectivity index (χ3v) is 4.53. The summed E-state index contributed by atoms with van der Waals surface area (Å²) in [6.07, 6.45) is 6.31. The fourth-order valence-corrected chi connectivity index (χ4v) is 3.05. The van der Waals surface area contributed by atoms with E-state index in [0.29, 0.717) is 12.3 Å². The fraction of sp³-hybridized carbons (Fsp3) is 0.556. The van der Waals surface area contributed by atoms with E-state index in [0.717, 1.165) is 17.9 Å². The van der Waals surface area contributed by atoms with Crippen molar-refractivity contribution in [2.24, 2.45) is 11.7 Å². The number of ether oxygens (including phenoxy) is 1. The number of amides is 2. The van der Waals surface area contributed by atoms with Crippen LogP contribution in [-0.4, -0.2) is 31.5 Å². The van der Waals surface area contributed by atoms with Crippen molar-refractivity contribution in [3.05, 3.63) is 24.3 Å². The third kappa shape index (κ3) is 5.76. The van der Waals surface area contributed by atoms with Crippen molar-refractivity contribution in [2.45, 2.75) is 44.6 Å². The third-order valence-electron chi connectivity index (χ3n) is 4.53. The van der Waals surface area contributed by atoms with Crippen LogP contribution in [0.1, 0.15) is 38.5 Å². The Morgan fingerprint density at radius 1 is 1.25 bits per heavy atom. The molecule has 6 heteroatoms. The molecule has 2 rings (SSSR count). The molecule has 6 nitrogen and oxygen atoms in total. The standard InChI is InChI=1S/C18H27N3O3/c1-24-15-9-7-14(8-10-15)20-12-16(18(19)23)21-17(22)11-6-13-4-2-3-5-13/h7-10,13,16,20H,2-6,11-12H2,1H3,(H2,19,23)(H,21,22)/t16-/m0/s1. The van der Waals surface area contributed by atoms with Crippen molar-refractivity contribution >= 4 is 17.5 Å². The lowest BCUT2D eigenvalue weighted by molar-refractivity contribution is -0.127. The van der Waals surface area contributed by atoms with Crippen LogP contribution in [0.2, 0.25) is 0 Å². The van der Waals surface area contributed by atoms with Crippen molar-refractivity contribution in [2.75, 3.05) is 19.0 Å². The van der Waals surface area contributed by atoms with Gasteiger partial charge in [-0.2, -0.15) is 0 Å². The van der Waals surface area contributed by atoms with Crippen molar-refractivity contribution in [1.82, 2.24) is 5.32 Å². The van der Waals surface area contributed by atoms with E-state index in [2.05, 4.69) is 10.6 Å². The second-order valence-corrected chi connectivity index (χ2v) is 6.32. The molecule has 1 aromatic carbocycles. The van der Waals surface area contributed by atoms with Crippen LogP contribution >= 0.6 is 0 Å². The van der Waals surface area contributed by atoms with E-state index < -0.39 is 11.9 Å². The van der Waals surface area contributed by atoms with E-state index in [1.54, 1.807) is 7.11 Å². The molecule has 132 valence electrons. The number of methoxy groups -OCH3 is 1. The Morgan fingerprint density at radius 2 is 1.92 bits per heavy atom. The zero-order valence-electron chi connectivity index (χ0n) is 14.2. The summed E-state index contributed by atoms with van der Waals surface area (Å²) < 4.78 is 5.10. The van der Waals surface area contributed by atoms with Gasteiger partial charge >= 0.3 is 0 Å². The van der Waals surface area contributed by atoms with E-state index in [4.69, 9.17) is 10.5 Å². The molecule has 0 spiro atoms. The molecule has 1 aromatic rings. The minimum atomic E-state index is -0.719. The van der Waals surface area contributed by atoms with Gasteiger partial charge in [0.15, 0.2) is 0 Å². The van der Waals surface area contributed by atoms with Gasteiger partial charge in [-0.1, -0.05) is 25.7 Å². The quantitative estimate of drug-likeness (QED) is 0.645. The van der Waals surface area contributed by atoms with Crippen LogP contribution < -0.4 is 21.1 Å². The van der Waals surface area contributed by atoms with Crippen LogP contribution in [0, 0.1) is 5.92 Å². The van der Waals surface area contributed by atoms with Crippen LogP contribution in [0.4, 0.5) is 5.69 Å². The van der Waals surface area contributed by atoms with E-state index >= 15 is 0 Å². The van der Waals surface area contributed by atoms with Crippen LogP contribution in [0.5, 0.6) is 5.75 Å². The van der Waals surface area contributed by atoms with Gasteiger partial charge in [-0.3, -0.25) is 9.59 Å². The first-order valence-electron chi connectivity index (χ1n) is 8.55. The highest BCUT2D eigenvalue weighted by atomic mass is 16.5. The molecule has 4 N–H and O–H groups in total. The first kappa shape index (κ1) is 18.1. The summed E-state index contributed by atoms with van der Waals surface area (Å²) >= 11 is 0. The number of nitrogens with two attached hydrogens (primary N) is 1. The number of primary amides is 1. The van der Waals surface area contributed by atoms with Crippen LogP contribution in [-0.2, 0) is 9.59 Å². The Bertz CT molecular complexity index is 539. The molecule has 1 aliphatic rings. The van der Waals surface area contributed by atoms with Crippen LogP contribution in [0.15, 0.2) is 24.3 Å². The molecule has 0 aromatic heterocycles. The number of carbonyl (C=O) groups is 2. The molecule has 0 aliphatic heterocycles. The molecule has 1 aliphatic carbocycles. The van der Waals surface area contributed by atoms with Gasteiger partial charge in [-0.15, -0.1) is 0 Å². The number of hydrogen-bond donors (Lipinski definition) is 3. The monoisotopic (exact) mass is 333 g/mol. The normalized spacial score (nSPS) is 15.7. The molecular formula is C18H27N3O3. The lowest BCUT2D eigenvalue weighted by Gasteiger charge is -2.17. The SMILES string of the molecule is COc1ccc(NC[C@H](NC(=O)CCC2CCCC2)C(N)=O)cc1. The maximum absolute atomic E-state index is 12.0. The number of anilines is 1. The number of hydrogen-bond acceptors (Lipinski definition) is 4. The van der Waals surface area contributed by atoms with Crippen molar-refractivity contribution in [1.29, 1.82) is 0 Å². The van der Waals surface area contributed by atoms with Gasteiger partial charge in [0, 0.05) is 18.7 Å². The van der Waals surface area contributed by atoms with Gasteiger partial charge in [0.25, 0.3) is 0 Å². The van der Waals surface area contributed by atoms with Crippen LogP contribution in [0.25, 0.3) is 0 Å². The van der Waals surface area contributed by atoms with Gasteiger partial charge in [-0.25, -0.2) is 0 Å². The molecular weight excluding hydrogens is 306 g/mol. The molecule has 2 amide bonds. The topological polar surface area (TPSA) is 93.4 Å². The average molecular weight is 333 g/mol. The molecule has 0 saturated heterocycles. The molecule has 0 bridgehead atoms. The molecule has 1 fully saturated rings. The molecule has 0 unspecified atom stereocenters. The minimum Gasteiger partial charge on any atom is -0.497 e. The van der Waals surface area contributed by atoms with E-state index in [1.165, 1.54) is 25.7 Å². The summed E-state index contributed by atoms with van der Waals surface area (Å²) in [4.78, 5) is 23.6. The lowest BCUT2D eigenvalue weighted by Crippen LogP contribution is -2.48. The predicted molar refractivity (Wildman–Crippen MR) is 93.8 cm³/mol. The summed E-state index contributed by atoms with van der Waals surface area (Å²) in [5, 5.41) is 5.84. The Morgan fingerprint density at radius 3 is 2.50 bits per heavy atom. The summed E-state index contributed by atoms with van der Waals surface area (Å²) in [6.45, 7) is 0.261. The minimum absolute atomic E-state index is 0.109. The van der Waals surface area contributed by atoms with Crippen molar-refractivity contribution < 1.29 is 14.3 Å². The lowest BCUT2D eigenvalue weighted by atomic mass is 10.0. The summed E-state index contributed by atoms with van der Waals surface area (Å²) in [6, 6.07) is 6.62. The predicted octanol–water partition coefficient (Wildman–Crippen LogP) is 2.05. The molecule has 1 saturated carbocycles. The smallest absolute Gasteiger partial charge is 0.241 e. The molecule has 1 atom stereocenters. The van der Waals surface area contributed by atoms with Gasteiger partial charge in [0.05, 0.1) is 7.11 Å². The van der Waals surface area contributed by atoms with E-state index in [9.17, 15) is 9.59 Å². The second-order valence-electron chi connectivity index (χ2n) is 6.32. The first-order valence-corrected chi connectivity index (χ1v) is 8.55. The van der Waals surface area contributed by atoms with Crippen molar-refractivity contribution in [3.8, 4) is 5.75 Å². The fourth-order valence-electron chi connectivity index (χ4n) is 3.05. The van der Waals surface area contributed by atoms with Gasteiger partial charge in [0.2, 0.25) is 11.8 Å². The second kappa shape index (κ2) is 9.15. The van der Waals surface area contributed by atoms with E-state index in [1.807, 2.05) is 24.3 Å². The van der Waals surface area contributed by atoms with Gasteiger partial charge < -0.3 is 21.1 Å². The molecule has 0 radical (unpaired) electrons. The number of nitrogens with one attached hydrogen (secondary N) is 2. The molecule has 24 heavy (non-hydrogen) atoms. The zero-order chi connectivity index (χ0) is 17.4. The Kier molecular flexibility index (Phi) is 6.90. The number of benzene rings is 1. The number of carbonyl (C=O) groups excluding carboxylic acids is 2. The summed E-state index contributed by atoms with van der Waals surface area (Å²) in [7, 11) is 1.60. The Hall–Kier alpha value is -2.24. The van der Waals surface area contributed by atoms with Crippen molar-refractivity contribution in [3.63, 3.8) is 0 Å². The summed E-state index contributed by atoms with van der Waals surface area (Å²) in [5.74, 6) is 0.764.